The molecule has 0 saturated heterocycles. The maximum atomic E-state index is 12.0. The molecule has 0 aliphatic heterocycles. The summed E-state index contributed by atoms with van der Waals surface area (Å²) in [5.74, 6) is 1.68. The van der Waals surface area contributed by atoms with Crippen molar-refractivity contribution in [1.82, 2.24) is 5.32 Å². The normalized spacial score (nSPS) is 25.4. The van der Waals surface area contributed by atoms with Crippen LogP contribution in [-0.2, 0) is 4.79 Å². The molecule has 0 spiro atoms. The molecule has 3 heteroatoms. The highest BCUT2D eigenvalue weighted by Crippen LogP contribution is 2.37. The molecule has 2 unspecified atom stereocenters. The van der Waals surface area contributed by atoms with Gasteiger partial charge in [-0.15, -0.1) is 0 Å². The van der Waals surface area contributed by atoms with Crippen LogP contribution in [0.2, 0.25) is 0 Å². The number of carbonyl (C=O) groups excluding carboxylic acids is 1. The number of amides is 1. The number of nitrogens with one attached hydrogen (secondary N) is 1. The van der Waals surface area contributed by atoms with Crippen molar-refractivity contribution >= 4 is 5.91 Å². The molecule has 92 valence electrons. The van der Waals surface area contributed by atoms with E-state index in [0.717, 1.165) is 0 Å². The predicted octanol–water partition coefficient (Wildman–Crippen LogP) is 1.67. The van der Waals surface area contributed by atoms with E-state index in [1.165, 1.54) is 38.5 Å². The number of hydrogen-bond acceptors (Lipinski definition) is 2. The molecule has 2 aliphatic carbocycles. The highest BCUT2D eigenvalue weighted by molar-refractivity contribution is 5.79. The van der Waals surface area contributed by atoms with Gasteiger partial charge in [0.15, 0.2) is 0 Å². The minimum atomic E-state index is 0.190. The van der Waals surface area contributed by atoms with Crippen LogP contribution >= 0.6 is 0 Å². The van der Waals surface area contributed by atoms with Gasteiger partial charge in [0.25, 0.3) is 0 Å². The maximum absolute atomic E-state index is 12.0. The third-order valence-corrected chi connectivity index (χ3v) is 4.29. The van der Waals surface area contributed by atoms with Gasteiger partial charge in [0, 0.05) is 18.5 Å². The summed E-state index contributed by atoms with van der Waals surface area (Å²) in [5.41, 5.74) is 5.78. The van der Waals surface area contributed by atoms with Gasteiger partial charge in [0.1, 0.15) is 0 Å². The van der Waals surface area contributed by atoms with Gasteiger partial charge in [0.2, 0.25) is 5.91 Å². The lowest BCUT2D eigenvalue weighted by atomic mass is 9.96. The van der Waals surface area contributed by atoms with Gasteiger partial charge in [-0.2, -0.15) is 0 Å². The van der Waals surface area contributed by atoms with Gasteiger partial charge in [-0.05, 0) is 37.5 Å². The highest BCUT2D eigenvalue weighted by atomic mass is 16.1. The van der Waals surface area contributed by atoms with Gasteiger partial charge in [-0.1, -0.05) is 19.8 Å². The van der Waals surface area contributed by atoms with E-state index >= 15 is 0 Å². The van der Waals surface area contributed by atoms with E-state index in [1.54, 1.807) is 0 Å². The summed E-state index contributed by atoms with van der Waals surface area (Å²) in [7, 11) is 0. The molecule has 2 atom stereocenters. The van der Waals surface area contributed by atoms with Crippen molar-refractivity contribution in [2.24, 2.45) is 23.5 Å². The SMILES string of the molecule is CC(C(=O)NC(CN)C1CCCC1)C1CC1. The summed E-state index contributed by atoms with van der Waals surface area (Å²) in [6.45, 7) is 2.64. The first kappa shape index (κ1) is 11.9. The van der Waals surface area contributed by atoms with Gasteiger partial charge >= 0.3 is 0 Å². The molecule has 0 aromatic heterocycles. The highest BCUT2D eigenvalue weighted by Gasteiger charge is 2.34. The van der Waals surface area contributed by atoms with E-state index in [-0.39, 0.29) is 17.9 Å². The van der Waals surface area contributed by atoms with Gasteiger partial charge in [-0.25, -0.2) is 0 Å². The van der Waals surface area contributed by atoms with E-state index < -0.39 is 0 Å². The third-order valence-electron chi connectivity index (χ3n) is 4.29. The molecule has 2 rings (SSSR count). The topological polar surface area (TPSA) is 55.1 Å². The van der Waals surface area contributed by atoms with Crippen molar-refractivity contribution in [2.45, 2.75) is 51.5 Å². The Labute approximate surface area is 98.2 Å². The van der Waals surface area contributed by atoms with Gasteiger partial charge in [-0.3, -0.25) is 4.79 Å². The van der Waals surface area contributed by atoms with Crippen LogP contribution in [0.1, 0.15) is 45.4 Å². The molecule has 3 nitrogen and oxygen atoms in total. The average Bonchev–Trinajstić information content (AvgIpc) is 3.00. The molecular formula is C13H24N2O. The van der Waals surface area contributed by atoms with Crippen LogP contribution in [0.3, 0.4) is 0 Å². The number of nitrogens with two attached hydrogens (primary N) is 1. The Bertz CT molecular complexity index is 244. The molecule has 1 amide bonds. The molecular weight excluding hydrogens is 200 g/mol. The Morgan fingerprint density at radius 2 is 1.88 bits per heavy atom. The van der Waals surface area contributed by atoms with Crippen molar-refractivity contribution in [1.29, 1.82) is 0 Å². The molecule has 2 aliphatic rings. The van der Waals surface area contributed by atoms with Crippen LogP contribution in [0.25, 0.3) is 0 Å². The van der Waals surface area contributed by atoms with Crippen molar-refractivity contribution < 1.29 is 4.79 Å². The second-order valence-corrected chi connectivity index (χ2v) is 5.52. The zero-order chi connectivity index (χ0) is 11.5. The van der Waals surface area contributed by atoms with Crippen molar-refractivity contribution in [3.8, 4) is 0 Å². The molecule has 0 heterocycles. The van der Waals surface area contributed by atoms with Crippen LogP contribution in [0, 0.1) is 17.8 Å². The number of carbonyl (C=O) groups is 1. The molecule has 0 radical (unpaired) electrons. The fraction of sp³-hybridized carbons (Fsp3) is 0.923. The Morgan fingerprint density at radius 3 is 2.38 bits per heavy atom. The van der Waals surface area contributed by atoms with E-state index in [0.29, 0.717) is 18.4 Å². The fourth-order valence-corrected chi connectivity index (χ4v) is 2.85. The molecule has 16 heavy (non-hydrogen) atoms. The Balaban J connectivity index is 1.82. The van der Waals surface area contributed by atoms with Crippen molar-refractivity contribution in [3.63, 3.8) is 0 Å². The average molecular weight is 224 g/mol. The smallest absolute Gasteiger partial charge is 0.223 e. The number of hydrogen-bond donors (Lipinski definition) is 2. The fourth-order valence-electron chi connectivity index (χ4n) is 2.85. The predicted molar refractivity (Wildman–Crippen MR) is 64.8 cm³/mol. The Hall–Kier alpha value is -0.570. The summed E-state index contributed by atoms with van der Waals surface area (Å²) < 4.78 is 0. The summed E-state index contributed by atoms with van der Waals surface area (Å²) in [5, 5.41) is 3.17. The minimum absolute atomic E-state index is 0.190. The standard InChI is InChI=1S/C13H24N2O/c1-9(10-6-7-10)13(16)15-12(8-14)11-4-2-3-5-11/h9-12H,2-8,14H2,1H3,(H,15,16). The lowest BCUT2D eigenvalue weighted by molar-refractivity contribution is -0.126. The van der Waals surface area contributed by atoms with Crippen molar-refractivity contribution in [2.75, 3.05) is 6.54 Å². The van der Waals surface area contributed by atoms with Crippen LogP contribution in [-0.4, -0.2) is 18.5 Å². The molecule has 0 aromatic carbocycles. The quantitative estimate of drug-likeness (QED) is 0.746. The van der Waals surface area contributed by atoms with Gasteiger partial charge in [0.05, 0.1) is 0 Å². The minimum Gasteiger partial charge on any atom is -0.352 e. The largest absolute Gasteiger partial charge is 0.352 e. The first-order chi connectivity index (χ1) is 7.72. The van der Waals surface area contributed by atoms with Crippen LogP contribution in [0.5, 0.6) is 0 Å². The molecule has 2 saturated carbocycles. The lowest BCUT2D eigenvalue weighted by Crippen LogP contribution is -2.46. The lowest BCUT2D eigenvalue weighted by Gasteiger charge is -2.24. The van der Waals surface area contributed by atoms with E-state index in [1.807, 2.05) is 0 Å². The van der Waals surface area contributed by atoms with Crippen LogP contribution in [0.4, 0.5) is 0 Å². The van der Waals surface area contributed by atoms with E-state index in [4.69, 9.17) is 5.73 Å². The van der Waals surface area contributed by atoms with E-state index in [2.05, 4.69) is 12.2 Å². The first-order valence-corrected chi connectivity index (χ1v) is 6.72. The molecule has 3 N–H and O–H groups in total. The summed E-state index contributed by atoms with van der Waals surface area (Å²) in [6, 6.07) is 0.219. The molecule has 2 fully saturated rings. The Morgan fingerprint density at radius 1 is 1.25 bits per heavy atom. The second-order valence-electron chi connectivity index (χ2n) is 5.52. The maximum Gasteiger partial charge on any atom is 0.223 e. The van der Waals surface area contributed by atoms with Gasteiger partial charge < -0.3 is 11.1 Å². The van der Waals surface area contributed by atoms with E-state index in [9.17, 15) is 4.79 Å². The summed E-state index contributed by atoms with van der Waals surface area (Å²) in [4.78, 5) is 12.0. The zero-order valence-electron chi connectivity index (χ0n) is 10.2. The summed E-state index contributed by atoms with van der Waals surface area (Å²) in [6.07, 6.45) is 7.53. The monoisotopic (exact) mass is 224 g/mol. The third kappa shape index (κ3) is 2.76. The van der Waals surface area contributed by atoms with Crippen LogP contribution in [0.15, 0.2) is 0 Å². The number of rotatable bonds is 5. The second kappa shape index (κ2) is 5.17. The zero-order valence-corrected chi connectivity index (χ0v) is 10.2. The molecule has 0 aromatic rings. The first-order valence-electron chi connectivity index (χ1n) is 6.72. The van der Waals surface area contributed by atoms with Crippen LogP contribution < -0.4 is 11.1 Å². The molecule has 0 bridgehead atoms. The Kier molecular flexibility index (Phi) is 3.85. The summed E-state index contributed by atoms with van der Waals surface area (Å²) >= 11 is 0. The van der Waals surface area contributed by atoms with Crippen molar-refractivity contribution in [3.05, 3.63) is 0 Å².